The molecule has 0 heterocycles. The maximum absolute atomic E-state index is 11.6. The molecule has 0 radical (unpaired) electrons. The van der Waals surface area contributed by atoms with E-state index in [0.29, 0.717) is 6.42 Å². The molecular weight excluding hydrogens is 224 g/mol. The molecule has 0 unspecified atom stereocenters. The second kappa shape index (κ2) is 5.22. The van der Waals surface area contributed by atoms with Gasteiger partial charge in [0.05, 0.1) is 0 Å². The molecule has 0 aromatic rings. The molecule has 1 aliphatic carbocycles. The summed E-state index contributed by atoms with van der Waals surface area (Å²) >= 11 is 0. The van der Waals surface area contributed by atoms with Gasteiger partial charge in [0.2, 0.25) is 0 Å². The zero-order valence-corrected chi connectivity index (χ0v) is 12.8. The number of carbonyl (C=O) groups is 1. The zero-order chi connectivity index (χ0) is 13.1. The van der Waals surface area contributed by atoms with E-state index in [0.717, 1.165) is 19.3 Å². The van der Waals surface area contributed by atoms with Gasteiger partial charge in [-0.25, -0.2) is 0 Å². The topological polar surface area (TPSA) is 17.1 Å². The average molecular weight is 248 g/mol. The Morgan fingerprint density at radius 2 is 1.94 bits per heavy atom. The number of hydrogen-bond donors (Lipinski definition) is 0. The highest BCUT2D eigenvalue weighted by Gasteiger charge is 2.26. The number of rotatable bonds is 2. The van der Waals surface area contributed by atoms with Crippen LogP contribution in [0.1, 0.15) is 39.5 Å². The molecule has 94 valence electrons. The van der Waals surface area contributed by atoms with Crippen molar-refractivity contribution in [3.05, 3.63) is 11.6 Å². The summed E-state index contributed by atoms with van der Waals surface area (Å²) in [4.78, 5) is 11.6. The van der Waals surface area contributed by atoms with E-state index in [1.165, 1.54) is 5.57 Å². The van der Waals surface area contributed by atoms with Gasteiger partial charge in [-0.1, -0.05) is 39.1 Å². The molecule has 0 aromatic heterocycles. The van der Waals surface area contributed by atoms with Crippen molar-refractivity contribution >= 4 is 13.9 Å². The minimum absolute atomic E-state index is 0.146. The maximum Gasteiger partial charge on any atom is 0.156 e. The number of carbonyl (C=O) groups excluding carboxylic acids is 1. The maximum atomic E-state index is 11.6. The Labute approximate surface area is 107 Å². The first-order chi connectivity index (χ1) is 7.68. The molecule has 1 nitrogen and oxygen atoms in total. The Hall–Kier alpha value is -0.813. The van der Waals surface area contributed by atoms with Gasteiger partial charge in [-0.15, -0.1) is 11.5 Å². The molecule has 0 bridgehead atoms. The van der Waals surface area contributed by atoms with Gasteiger partial charge in [0, 0.05) is 12.8 Å². The molecule has 0 saturated carbocycles. The number of hydrogen-bond acceptors (Lipinski definition) is 1. The predicted molar refractivity (Wildman–Crippen MR) is 76.5 cm³/mol. The summed E-state index contributed by atoms with van der Waals surface area (Å²) < 4.78 is 0. The van der Waals surface area contributed by atoms with Crippen LogP contribution in [0.5, 0.6) is 0 Å². The first kappa shape index (κ1) is 14.2. The summed E-state index contributed by atoms with van der Waals surface area (Å²) in [5, 5.41) is 0. The van der Waals surface area contributed by atoms with Gasteiger partial charge in [0.25, 0.3) is 0 Å². The lowest BCUT2D eigenvalue weighted by molar-refractivity contribution is -0.117. The van der Waals surface area contributed by atoms with Crippen molar-refractivity contribution in [2.24, 2.45) is 5.41 Å². The van der Waals surface area contributed by atoms with E-state index in [2.05, 4.69) is 45.0 Å². The molecule has 1 rings (SSSR count). The Balaban J connectivity index is 2.52. The monoisotopic (exact) mass is 248 g/mol. The van der Waals surface area contributed by atoms with Gasteiger partial charge in [0.1, 0.15) is 8.07 Å². The van der Waals surface area contributed by atoms with Gasteiger partial charge in [-0.05, 0) is 24.3 Å². The van der Waals surface area contributed by atoms with Crippen LogP contribution in [0.2, 0.25) is 19.6 Å². The fraction of sp³-hybridized carbons (Fsp3) is 0.667. The van der Waals surface area contributed by atoms with E-state index < -0.39 is 8.07 Å². The summed E-state index contributed by atoms with van der Waals surface area (Å²) in [6.07, 6.45) is 5.46. The molecule has 0 fully saturated rings. The first-order valence-corrected chi connectivity index (χ1v) is 9.90. The lowest BCUT2D eigenvalue weighted by Gasteiger charge is -2.28. The van der Waals surface area contributed by atoms with Crippen LogP contribution in [-0.4, -0.2) is 13.9 Å². The fourth-order valence-electron chi connectivity index (χ4n) is 2.19. The van der Waals surface area contributed by atoms with Crippen molar-refractivity contribution in [2.45, 2.75) is 59.2 Å². The van der Waals surface area contributed by atoms with E-state index in [4.69, 9.17) is 0 Å². The van der Waals surface area contributed by atoms with Crippen molar-refractivity contribution in [2.75, 3.05) is 0 Å². The third kappa shape index (κ3) is 5.88. The minimum atomic E-state index is -1.23. The Bertz CT molecular complexity index is 385. The van der Waals surface area contributed by atoms with E-state index in [9.17, 15) is 4.79 Å². The Morgan fingerprint density at radius 3 is 2.47 bits per heavy atom. The van der Waals surface area contributed by atoms with Gasteiger partial charge in [-0.3, -0.25) is 4.79 Å². The normalized spacial score (nSPS) is 19.4. The second-order valence-electron chi connectivity index (χ2n) is 6.84. The largest absolute Gasteiger partial charge is 0.295 e. The molecule has 0 aliphatic heterocycles. The third-order valence-electron chi connectivity index (χ3n) is 2.76. The Morgan fingerprint density at radius 1 is 1.29 bits per heavy atom. The van der Waals surface area contributed by atoms with Gasteiger partial charge >= 0.3 is 0 Å². The summed E-state index contributed by atoms with van der Waals surface area (Å²) in [7, 11) is -1.23. The molecule has 2 heteroatoms. The fourth-order valence-corrected chi connectivity index (χ4v) is 2.85. The molecule has 0 atom stereocenters. The van der Waals surface area contributed by atoms with E-state index in [1.807, 2.05) is 6.08 Å². The van der Waals surface area contributed by atoms with Crippen molar-refractivity contribution in [3.8, 4) is 11.5 Å². The third-order valence-corrected chi connectivity index (χ3v) is 3.68. The summed E-state index contributed by atoms with van der Waals surface area (Å²) in [5.41, 5.74) is 4.80. The van der Waals surface area contributed by atoms with Crippen LogP contribution >= 0.6 is 0 Å². The quantitative estimate of drug-likeness (QED) is 0.534. The first-order valence-electron chi connectivity index (χ1n) is 6.40. The summed E-state index contributed by atoms with van der Waals surface area (Å²) in [5.74, 6) is 3.56. The van der Waals surface area contributed by atoms with Crippen molar-refractivity contribution < 1.29 is 4.79 Å². The highest BCUT2D eigenvalue weighted by Crippen LogP contribution is 2.35. The summed E-state index contributed by atoms with van der Waals surface area (Å²) in [6.45, 7) is 11.1. The predicted octanol–water partition coefficient (Wildman–Crippen LogP) is 3.96. The zero-order valence-electron chi connectivity index (χ0n) is 11.8. The van der Waals surface area contributed by atoms with Crippen molar-refractivity contribution in [1.82, 2.24) is 0 Å². The van der Waals surface area contributed by atoms with Gasteiger partial charge in [0.15, 0.2) is 5.78 Å². The van der Waals surface area contributed by atoms with Crippen LogP contribution < -0.4 is 0 Å². The molecule has 1 aliphatic rings. The van der Waals surface area contributed by atoms with Gasteiger partial charge in [-0.2, -0.15) is 0 Å². The van der Waals surface area contributed by atoms with Crippen molar-refractivity contribution in [1.29, 1.82) is 0 Å². The second-order valence-corrected chi connectivity index (χ2v) is 11.6. The van der Waals surface area contributed by atoms with Gasteiger partial charge < -0.3 is 0 Å². The highest BCUT2D eigenvalue weighted by molar-refractivity contribution is 6.83. The molecule has 17 heavy (non-hydrogen) atoms. The van der Waals surface area contributed by atoms with Crippen LogP contribution in [-0.2, 0) is 4.79 Å². The standard InChI is InChI=1S/C15H24OSi/c1-15(2)11-13(10-14(16)12-15)8-6-7-9-17(3,4)5/h10H,6,8,11-12H2,1-5H3. The SMILES string of the molecule is CC1(C)CC(=O)C=C(CCC#C[Si](C)(C)C)C1. The minimum Gasteiger partial charge on any atom is -0.295 e. The molecule has 0 spiro atoms. The smallest absolute Gasteiger partial charge is 0.156 e. The molecule has 0 saturated heterocycles. The van der Waals surface area contributed by atoms with E-state index in [1.54, 1.807) is 0 Å². The molecular formula is C15H24OSi. The van der Waals surface area contributed by atoms with E-state index >= 15 is 0 Å². The van der Waals surface area contributed by atoms with Crippen LogP contribution in [0, 0.1) is 16.9 Å². The van der Waals surface area contributed by atoms with Crippen LogP contribution in [0.25, 0.3) is 0 Å². The summed E-state index contributed by atoms with van der Waals surface area (Å²) in [6, 6.07) is 0. The number of allylic oxidation sites excluding steroid dienone is 2. The van der Waals surface area contributed by atoms with Crippen LogP contribution in [0.4, 0.5) is 0 Å². The highest BCUT2D eigenvalue weighted by atomic mass is 28.3. The average Bonchev–Trinajstić information content (AvgIpc) is 2.07. The van der Waals surface area contributed by atoms with Crippen LogP contribution in [0.3, 0.4) is 0 Å². The number of ketones is 1. The van der Waals surface area contributed by atoms with Crippen molar-refractivity contribution in [3.63, 3.8) is 0 Å². The lowest BCUT2D eigenvalue weighted by atomic mass is 9.76. The Kier molecular flexibility index (Phi) is 4.38. The lowest BCUT2D eigenvalue weighted by Crippen LogP contribution is -2.21. The molecule has 0 N–H and O–H groups in total. The molecule has 0 amide bonds. The van der Waals surface area contributed by atoms with E-state index in [-0.39, 0.29) is 11.2 Å². The molecule has 0 aromatic carbocycles. The van der Waals surface area contributed by atoms with Crippen LogP contribution in [0.15, 0.2) is 11.6 Å².